The summed E-state index contributed by atoms with van der Waals surface area (Å²) < 4.78 is 28.2. The molecule has 0 bridgehead atoms. The molecule has 1 atom stereocenters. The van der Waals surface area contributed by atoms with Crippen LogP contribution < -0.4 is 4.72 Å². The molecule has 1 heterocycles. The highest BCUT2D eigenvalue weighted by Gasteiger charge is 2.28. The van der Waals surface area contributed by atoms with Crippen LogP contribution in [0.2, 0.25) is 0 Å². The number of carboxylic acids is 1. The third-order valence-electron chi connectivity index (χ3n) is 3.40. The van der Waals surface area contributed by atoms with Crippen LogP contribution in [0.3, 0.4) is 0 Å². The van der Waals surface area contributed by atoms with Gasteiger partial charge in [0.05, 0.1) is 0 Å². The Kier molecular flexibility index (Phi) is 6.74. The van der Waals surface area contributed by atoms with Gasteiger partial charge in [0, 0.05) is 25.6 Å². The van der Waals surface area contributed by atoms with Crippen LogP contribution in [0.5, 0.6) is 0 Å². The molecule has 0 aromatic carbocycles. The molecule has 1 unspecified atom stereocenters. The molecule has 0 aromatic rings. The number of unbranched alkanes of at least 4 members (excludes halogenated alkanes) is 2. The minimum Gasteiger partial charge on any atom is -0.481 e. The Bertz CT molecular complexity index is 383. The molecular weight excluding hydrogens is 268 g/mol. The van der Waals surface area contributed by atoms with E-state index in [4.69, 9.17) is 5.11 Å². The van der Waals surface area contributed by atoms with Crippen molar-refractivity contribution in [2.24, 2.45) is 0 Å². The number of hydrogen-bond acceptors (Lipinski definition) is 3. The molecule has 2 N–H and O–H groups in total. The molecule has 1 aliphatic rings. The van der Waals surface area contributed by atoms with Crippen molar-refractivity contribution in [1.29, 1.82) is 0 Å². The van der Waals surface area contributed by atoms with E-state index in [-0.39, 0.29) is 12.5 Å². The van der Waals surface area contributed by atoms with Crippen molar-refractivity contribution in [3.05, 3.63) is 0 Å². The number of rotatable bonds is 8. The molecule has 0 saturated carbocycles. The third kappa shape index (κ3) is 5.88. The Hall–Kier alpha value is -0.660. The fraction of sp³-hybridized carbons (Fsp3) is 0.917. The van der Waals surface area contributed by atoms with Crippen LogP contribution in [-0.2, 0) is 15.0 Å². The molecule has 19 heavy (non-hydrogen) atoms. The van der Waals surface area contributed by atoms with Crippen molar-refractivity contribution in [3.63, 3.8) is 0 Å². The van der Waals surface area contributed by atoms with Crippen LogP contribution >= 0.6 is 0 Å². The molecule has 1 saturated heterocycles. The van der Waals surface area contributed by atoms with E-state index in [1.807, 2.05) is 6.92 Å². The molecule has 1 fully saturated rings. The van der Waals surface area contributed by atoms with Crippen LogP contribution in [0.4, 0.5) is 0 Å². The second-order valence-electron chi connectivity index (χ2n) is 5.06. The van der Waals surface area contributed by atoms with Crippen molar-refractivity contribution in [2.45, 2.75) is 57.9 Å². The second-order valence-corrected chi connectivity index (χ2v) is 6.77. The molecule has 6 nitrogen and oxygen atoms in total. The number of piperidine rings is 1. The summed E-state index contributed by atoms with van der Waals surface area (Å²) in [5, 5.41) is 8.48. The second kappa shape index (κ2) is 7.81. The molecule has 0 aliphatic carbocycles. The molecule has 112 valence electrons. The zero-order valence-electron chi connectivity index (χ0n) is 11.5. The minimum absolute atomic E-state index is 0.0678. The van der Waals surface area contributed by atoms with Crippen LogP contribution in [0.15, 0.2) is 0 Å². The Morgan fingerprint density at radius 3 is 2.68 bits per heavy atom. The van der Waals surface area contributed by atoms with E-state index in [0.717, 1.165) is 25.7 Å². The van der Waals surface area contributed by atoms with Gasteiger partial charge in [-0.25, -0.2) is 4.72 Å². The molecule has 0 spiro atoms. The average Bonchev–Trinajstić information content (AvgIpc) is 2.33. The highest BCUT2D eigenvalue weighted by Crippen LogP contribution is 2.18. The Balaban J connectivity index is 2.25. The maximum Gasteiger partial charge on any atom is 0.303 e. The topological polar surface area (TPSA) is 86.7 Å². The summed E-state index contributed by atoms with van der Waals surface area (Å²) in [6.45, 7) is 2.91. The predicted molar refractivity (Wildman–Crippen MR) is 73.0 cm³/mol. The van der Waals surface area contributed by atoms with E-state index in [0.29, 0.717) is 25.9 Å². The maximum absolute atomic E-state index is 12.1. The van der Waals surface area contributed by atoms with Crippen molar-refractivity contribution in [2.75, 3.05) is 13.1 Å². The zero-order valence-corrected chi connectivity index (χ0v) is 12.3. The lowest BCUT2D eigenvalue weighted by atomic mass is 10.1. The van der Waals surface area contributed by atoms with E-state index in [9.17, 15) is 13.2 Å². The van der Waals surface area contributed by atoms with Crippen molar-refractivity contribution in [1.82, 2.24) is 9.03 Å². The summed E-state index contributed by atoms with van der Waals surface area (Å²) in [6.07, 6.45) is 5.07. The monoisotopic (exact) mass is 292 g/mol. The highest BCUT2D eigenvalue weighted by atomic mass is 32.2. The first-order valence-corrected chi connectivity index (χ1v) is 8.35. The van der Waals surface area contributed by atoms with Gasteiger partial charge >= 0.3 is 5.97 Å². The average molecular weight is 292 g/mol. The van der Waals surface area contributed by atoms with Crippen molar-refractivity contribution in [3.8, 4) is 0 Å². The summed E-state index contributed by atoms with van der Waals surface area (Å²) in [6, 6.07) is 0.0678. The van der Waals surface area contributed by atoms with Gasteiger partial charge in [-0.15, -0.1) is 0 Å². The van der Waals surface area contributed by atoms with E-state index < -0.39 is 16.2 Å². The maximum atomic E-state index is 12.1. The number of nitrogens with zero attached hydrogens (tertiary/aromatic N) is 1. The normalized spacial score (nSPS) is 21.4. The Morgan fingerprint density at radius 2 is 2.05 bits per heavy atom. The number of carboxylic acid groups (broad SMARTS) is 1. The van der Waals surface area contributed by atoms with Gasteiger partial charge in [-0.2, -0.15) is 12.7 Å². The first-order valence-electron chi connectivity index (χ1n) is 6.91. The minimum atomic E-state index is -3.37. The van der Waals surface area contributed by atoms with Gasteiger partial charge < -0.3 is 5.11 Å². The number of nitrogens with one attached hydrogen (secondary N) is 1. The molecule has 7 heteroatoms. The third-order valence-corrected chi connectivity index (χ3v) is 5.13. The molecular formula is C12H24N2O4S. The first-order chi connectivity index (χ1) is 8.93. The summed E-state index contributed by atoms with van der Waals surface area (Å²) in [5.74, 6) is -0.803. The van der Waals surface area contributed by atoms with Crippen molar-refractivity contribution < 1.29 is 18.3 Å². The van der Waals surface area contributed by atoms with E-state index in [1.54, 1.807) is 0 Å². The lowest BCUT2D eigenvalue weighted by molar-refractivity contribution is -0.137. The molecule has 1 rings (SSSR count). The van der Waals surface area contributed by atoms with Gasteiger partial charge in [-0.3, -0.25) is 4.79 Å². The standard InChI is InChI=1S/C12H24N2O4S/c1-11-7-4-6-10-14(11)19(17,18)13-9-5-2-3-8-12(15)16/h11,13H,2-10H2,1H3,(H,15,16). The molecule has 1 aliphatic heterocycles. The SMILES string of the molecule is CC1CCCCN1S(=O)(=O)NCCCCCC(=O)O. The smallest absolute Gasteiger partial charge is 0.303 e. The Morgan fingerprint density at radius 1 is 1.32 bits per heavy atom. The summed E-state index contributed by atoms with van der Waals surface area (Å²) in [4.78, 5) is 10.3. The largest absolute Gasteiger partial charge is 0.481 e. The van der Waals surface area contributed by atoms with Gasteiger partial charge in [0.15, 0.2) is 0 Å². The van der Waals surface area contributed by atoms with Crippen molar-refractivity contribution >= 4 is 16.2 Å². The zero-order chi connectivity index (χ0) is 14.3. The summed E-state index contributed by atoms with van der Waals surface area (Å²) in [5.41, 5.74) is 0. The van der Waals surface area contributed by atoms with E-state index in [2.05, 4.69) is 4.72 Å². The number of carbonyl (C=O) groups is 1. The van der Waals surface area contributed by atoms with Gasteiger partial charge in [0.1, 0.15) is 0 Å². The number of aliphatic carboxylic acids is 1. The highest BCUT2D eigenvalue weighted by molar-refractivity contribution is 7.87. The van der Waals surface area contributed by atoms with Gasteiger partial charge in [0.25, 0.3) is 10.2 Å². The van der Waals surface area contributed by atoms with Gasteiger partial charge in [-0.1, -0.05) is 12.8 Å². The lowest BCUT2D eigenvalue weighted by Gasteiger charge is -2.32. The van der Waals surface area contributed by atoms with Crippen LogP contribution in [0.1, 0.15) is 51.9 Å². The quantitative estimate of drug-likeness (QED) is 0.661. The molecule has 0 amide bonds. The Labute approximate surface area is 115 Å². The number of hydrogen-bond donors (Lipinski definition) is 2. The fourth-order valence-corrected chi connectivity index (χ4v) is 3.81. The first kappa shape index (κ1) is 16.4. The van der Waals surface area contributed by atoms with Crippen LogP contribution in [-0.4, -0.2) is 42.9 Å². The van der Waals surface area contributed by atoms with Gasteiger partial charge in [-0.05, 0) is 32.6 Å². The summed E-state index contributed by atoms with van der Waals surface area (Å²) in [7, 11) is -3.37. The van der Waals surface area contributed by atoms with E-state index in [1.165, 1.54) is 4.31 Å². The summed E-state index contributed by atoms with van der Waals surface area (Å²) >= 11 is 0. The molecule has 0 radical (unpaired) electrons. The van der Waals surface area contributed by atoms with Gasteiger partial charge in [0.2, 0.25) is 0 Å². The van der Waals surface area contributed by atoms with E-state index >= 15 is 0 Å². The lowest BCUT2D eigenvalue weighted by Crippen LogP contribution is -2.48. The molecule has 0 aromatic heterocycles. The fourth-order valence-electron chi connectivity index (χ4n) is 2.29. The predicted octanol–water partition coefficient (Wildman–Crippen LogP) is 1.34. The van der Waals surface area contributed by atoms with Crippen LogP contribution in [0.25, 0.3) is 0 Å². The van der Waals surface area contributed by atoms with Crippen LogP contribution in [0, 0.1) is 0 Å².